The normalized spacial score (nSPS) is 17.7. The first-order chi connectivity index (χ1) is 9.00. The standard InChI is InChI=1S/C12H20N4O2S/c1-13-10-11-9-12(3-4-14-11)15-5-7-16(8-6-15)19(2,17)18/h3-4,9,13H,5-8,10H2,1-2H3. The molecule has 2 rings (SSSR count). The van der Waals surface area contributed by atoms with Gasteiger partial charge in [-0.25, -0.2) is 8.42 Å². The molecule has 0 saturated carbocycles. The number of aromatic nitrogens is 1. The van der Waals surface area contributed by atoms with Gasteiger partial charge in [0.1, 0.15) is 0 Å². The van der Waals surface area contributed by atoms with Crippen LogP contribution < -0.4 is 10.2 Å². The number of hydrogen-bond acceptors (Lipinski definition) is 5. The van der Waals surface area contributed by atoms with Gasteiger partial charge in [-0.3, -0.25) is 4.98 Å². The van der Waals surface area contributed by atoms with Gasteiger partial charge in [-0.1, -0.05) is 0 Å². The molecule has 7 heteroatoms. The van der Waals surface area contributed by atoms with E-state index in [1.54, 1.807) is 6.20 Å². The minimum Gasteiger partial charge on any atom is -0.369 e. The highest BCUT2D eigenvalue weighted by Gasteiger charge is 2.23. The van der Waals surface area contributed by atoms with E-state index in [1.165, 1.54) is 10.6 Å². The molecule has 0 radical (unpaired) electrons. The summed E-state index contributed by atoms with van der Waals surface area (Å²) in [5, 5.41) is 3.07. The molecule has 0 amide bonds. The smallest absolute Gasteiger partial charge is 0.211 e. The summed E-state index contributed by atoms with van der Waals surface area (Å²) in [6.45, 7) is 3.26. The van der Waals surface area contributed by atoms with Crippen LogP contribution in [0.25, 0.3) is 0 Å². The molecule has 1 N–H and O–H groups in total. The maximum absolute atomic E-state index is 11.5. The fourth-order valence-corrected chi connectivity index (χ4v) is 3.04. The number of anilines is 1. The molecule has 1 aliphatic heterocycles. The third-order valence-corrected chi connectivity index (χ3v) is 4.53. The highest BCUT2D eigenvalue weighted by atomic mass is 32.2. The van der Waals surface area contributed by atoms with Crippen LogP contribution in [0.3, 0.4) is 0 Å². The molecule has 0 aliphatic carbocycles. The molecule has 106 valence electrons. The third-order valence-electron chi connectivity index (χ3n) is 3.23. The molecule has 0 spiro atoms. The van der Waals surface area contributed by atoms with Crippen molar-refractivity contribution in [1.82, 2.24) is 14.6 Å². The Balaban J connectivity index is 2.03. The zero-order valence-electron chi connectivity index (χ0n) is 11.3. The number of nitrogens with zero attached hydrogens (tertiary/aromatic N) is 3. The Morgan fingerprint density at radius 2 is 2.00 bits per heavy atom. The zero-order chi connectivity index (χ0) is 13.9. The predicted molar refractivity (Wildman–Crippen MR) is 75.6 cm³/mol. The van der Waals surface area contributed by atoms with Crippen LogP contribution in [-0.2, 0) is 16.6 Å². The van der Waals surface area contributed by atoms with Gasteiger partial charge < -0.3 is 10.2 Å². The Hall–Kier alpha value is -1.18. The van der Waals surface area contributed by atoms with Crippen molar-refractivity contribution >= 4 is 15.7 Å². The van der Waals surface area contributed by atoms with Gasteiger partial charge in [0.05, 0.1) is 11.9 Å². The van der Waals surface area contributed by atoms with Crippen LogP contribution in [0, 0.1) is 0 Å². The van der Waals surface area contributed by atoms with Crippen LogP contribution in [0.5, 0.6) is 0 Å². The van der Waals surface area contributed by atoms with Gasteiger partial charge in [0.15, 0.2) is 0 Å². The molecule has 1 aromatic rings. The van der Waals surface area contributed by atoms with Crippen LogP contribution in [0.15, 0.2) is 18.3 Å². The molecule has 6 nitrogen and oxygen atoms in total. The van der Waals surface area contributed by atoms with Crippen molar-refractivity contribution in [2.75, 3.05) is 44.4 Å². The summed E-state index contributed by atoms with van der Waals surface area (Å²) in [7, 11) is -1.18. The van der Waals surface area contributed by atoms with Crippen molar-refractivity contribution in [3.05, 3.63) is 24.0 Å². The van der Waals surface area contributed by atoms with Crippen molar-refractivity contribution < 1.29 is 8.42 Å². The summed E-state index contributed by atoms with van der Waals surface area (Å²) in [6, 6.07) is 4.02. The van der Waals surface area contributed by atoms with E-state index < -0.39 is 10.0 Å². The third kappa shape index (κ3) is 3.65. The minimum atomic E-state index is -3.06. The van der Waals surface area contributed by atoms with Crippen molar-refractivity contribution in [2.24, 2.45) is 0 Å². The van der Waals surface area contributed by atoms with Crippen molar-refractivity contribution in [3.63, 3.8) is 0 Å². The Labute approximate surface area is 114 Å². The van der Waals surface area contributed by atoms with Gasteiger partial charge in [-0.15, -0.1) is 0 Å². The van der Waals surface area contributed by atoms with E-state index in [9.17, 15) is 8.42 Å². The molecular weight excluding hydrogens is 264 g/mol. The maximum atomic E-state index is 11.5. The second kappa shape index (κ2) is 5.85. The Kier molecular flexibility index (Phi) is 4.38. The van der Waals surface area contributed by atoms with Crippen LogP contribution in [-0.4, -0.2) is 57.2 Å². The maximum Gasteiger partial charge on any atom is 0.211 e. The lowest BCUT2D eigenvalue weighted by molar-refractivity contribution is 0.388. The lowest BCUT2D eigenvalue weighted by Crippen LogP contribution is -2.48. The van der Waals surface area contributed by atoms with Crippen LogP contribution in [0.4, 0.5) is 5.69 Å². The largest absolute Gasteiger partial charge is 0.369 e. The van der Waals surface area contributed by atoms with Gasteiger partial charge in [0.25, 0.3) is 0 Å². The molecule has 1 fully saturated rings. The summed E-state index contributed by atoms with van der Waals surface area (Å²) in [5.74, 6) is 0. The van der Waals surface area contributed by atoms with E-state index in [4.69, 9.17) is 0 Å². The van der Waals surface area contributed by atoms with Crippen molar-refractivity contribution in [1.29, 1.82) is 0 Å². The first kappa shape index (κ1) is 14.2. The van der Waals surface area contributed by atoms with Crippen LogP contribution in [0.1, 0.15) is 5.69 Å². The SMILES string of the molecule is CNCc1cc(N2CCN(S(C)(=O)=O)CC2)ccn1. The molecule has 1 aromatic heterocycles. The second-order valence-electron chi connectivity index (χ2n) is 4.68. The summed E-state index contributed by atoms with van der Waals surface area (Å²) >= 11 is 0. The number of piperazine rings is 1. The highest BCUT2D eigenvalue weighted by molar-refractivity contribution is 7.88. The van der Waals surface area contributed by atoms with Crippen molar-refractivity contribution in [2.45, 2.75) is 6.54 Å². The molecule has 0 unspecified atom stereocenters. The van der Waals surface area contributed by atoms with Crippen molar-refractivity contribution in [3.8, 4) is 0 Å². The van der Waals surface area contributed by atoms with Crippen LogP contribution >= 0.6 is 0 Å². The number of nitrogens with one attached hydrogen (secondary N) is 1. The first-order valence-corrected chi connectivity index (χ1v) is 8.15. The Morgan fingerprint density at radius 1 is 1.32 bits per heavy atom. The fraction of sp³-hybridized carbons (Fsp3) is 0.583. The molecule has 19 heavy (non-hydrogen) atoms. The number of rotatable bonds is 4. The molecule has 0 aromatic carbocycles. The minimum absolute atomic E-state index is 0.544. The zero-order valence-corrected chi connectivity index (χ0v) is 12.2. The second-order valence-corrected chi connectivity index (χ2v) is 6.67. The van der Waals surface area contributed by atoms with E-state index >= 15 is 0 Å². The van der Waals surface area contributed by atoms with Gasteiger partial charge in [-0.05, 0) is 19.2 Å². The molecular formula is C12H20N4O2S. The molecule has 0 bridgehead atoms. The summed E-state index contributed by atoms with van der Waals surface area (Å²) in [4.78, 5) is 6.48. The van der Waals surface area contributed by atoms with Gasteiger partial charge in [0.2, 0.25) is 10.0 Å². The number of sulfonamides is 1. The van der Waals surface area contributed by atoms with E-state index in [-0.39, 0.29) is 0 Å². The average molecular weight is 284 g/mol. The Morgan fingerprint density at radius 3 is 2.58 bits per heavy atom. The first-order valence-electron chi connectivity index (χ1n) is 6.30. The van der Waals surface area contributed by atoms with E-state index in [2.05, 4.69) is 15.2 Å². The topological polar surface area (TPSA) is 65.5 Å². The molecule has 1 saturated heterocycles. The summed E-state index contributed by atoms with van der Waals surface area (Å²) in [6.07, 6.45) is 3.06. The molecule has 2 heterocycles. The number of pyridine rings is 1. The summed E-state index contributed by atoms with van der Waals surface area (Å²) < 4.78 is 24.4. The quantitative estimate of drug-likeness (QED) is 0.835. The van der Waals surface area contributed by atoms with E-state index in [1.807, 2.05) is 19.2 Å². The monoisotopic (exact) mass is 284 g/mol. The fourth-order valence-electron chi connectivity index (χ4n) is 2.22. The lowest BCUT2D eigenvalue weighted by Gasteiger charge is -2.34. The van der Waals surface area contributed by atoms with Crippen LogP contribution in [0.2, 0.25) is 0 Å². The summed E-state index contributed by atoms with van der Waals surface area (Å²) in [5.41, 5.74) is 2.10. The lowest BCUT2D eigenvalue weighted by atomic mass is 10.2. The number of hydrogen-bond donors (Lipinski definition) is 1. The predicted octanol–water partition coefficient (Wildman–Crippen LogP) is -0.117. The van der Waals surface area contributed by atoms with Gasteiger partial charge in [-0.2, -0.15) is 4.31 Å². The van der Waals surface area contributed by atoms with E-state index in [0.29, 0.717) is 13.1 Å². The molecule has 0 atom stereocenters. The Bertz CT molecular complexity index is 524. The average Bonchev–Trinajstić information content (AvgIpc) is 2.39. The highest BCUT2D eigenvalue weighted by Crippen LogP contribution is 2.17. The van der Waals surface area contributed by atoms with E-state index in [0.717, 1.165) is 31.0 Å². The van der Waals surface area contributed by atoms with Gasteiger partial charge in [0, 0.05) is 44.6 Å². The van der Waals surface area contributed by atoms with Gasteiger partial charge >= 0.3 is 0 Å². The molecule has 1 aliphatic rings.